The van der Waals surface area contributed by atoms with Crippen molar-refractivity contribution in [3.63, 3.8) is 0 Å². The second kappa shape index (κ2) is 7.14. The highest BCUT2D eigenvalue weighted by atomic mass is 32.2. The van der Waals surface area contributed by atoms with E-state index in [0.717, 1.165) is 29.2 Å². The highest BCUT2D eigenvalue weighted by molar-refractivity contribution is 7.99. The molecule has 15 heavy (non-hydrogen) atoms. The third-order valence-corrected chi connectivity index (χ3v) is 3.78. The van der Waals surface area contributed by atoms with Crippen LogP contribution in [0, 0.1) is 6.92 Å². The molecular formula is C11H17NOS2. The van der Waals surface area contributed by atoms with E-state index in [1.165, 1.54) is 11.3 Å². The van der Waals surface area contributed by atoms with Gasteiger partial charge in [0.25, 0.3) is 0 Å². The van der Waals surface area contributed by atoms with Gasteiger partial charge < -0.3 is 5.11 Å². The van der Waals surface area contributed by atoms with E-state index in [2.05, 4.69) is 17.6 Å². The molecule has 0 bridgehead atoms. The number of hydrogen-bond acceptors (Lipinski definition) is 4. The molecule has 0 saturated heterocycles. The molecule has 0 amide bonds. The summed E-state index contributed by atoms with van der Waals surface area (Å²) in [6.07, 6.45) is 4.11. The topological polar surface area (TPSA) is 33.1 Å². The zero-order valence-electron chi connectivity index (χ0n) is 8.94. The van der Waals surface area contributed by atoms with Gasteiger partial charge >= 0.3 is 0 Å². The van der Waals surface area contributed by atoms with Crippen LogP contribution in [0.3, 0.4) is 0 Å². The quantitative estimate of drug-likeness (QED) is 0.458. The van der Waals surface area contributed by atoms with E-state index in [-0.39, 0.29) is 6.61 Å². The molecule has 1 N–H and O–H groups in total. The van der Waals surface area contributed by atoms with Gasteiger partial charge in [-0.3, -0.25) is 4.98 Å². The zero-order chi connectivity index (χ0) is 11.1. The fourth-order valence-electron chi connectivity index (χ4n) is 1.27. The molecule has 0 aromatic carbocycles. The summed E-state index contributed by atoms with van der Waals surface area (Å²) in [6.45, 7) is 2.04. The Hall–Kier alpha value is -0.190. The maximum Gasteiger partial charge on any atom is 0.0856 e. The Labute approximate surface area is 101 Å². The lowest BCUT2D eigenvalue weighted by Gasteiger charge is -2.07. The van der Waals surface area contributed by atoms with Gasteiger partial charge in [-0.05, 0) is 42.9 Å². The van der Waals surface area contributed by atoms with Crippen molar-refractivity contribution in [2.24, 2.45) is 0 Å². The van der Waals surface area contributed by atoms with Crippen LogP contribution in [0.25, 0.3) is 0 Å². The van der Waals surface area contributed by atoms with Crippen molar-refractivity contribution in [2.75, 3.05) is 11.5 Å². The molecule has 0 radical (unpaired) electrons. The Balaban J connectivity index is 2.53. The Morgan fingerprint density at radius 2 is 2.27 bits per heavy atom. The standard InChI is InChI=1S/C11H17NOS2/c1-9-10(8-13)12-5-4-11(9)15-7-3-2-6-14/h4-5,13-14H,2-3,6-8H2,1H3. The molecule has 0 aliphatic heterocycles. The molecule has 0 aliphatic carbocycles. The second-order valence-corrected chi connectivity index (χ2v) is 4.90. The maximum atomic E-state index is 9.07. The van der Waals surface area contributed by atoms with E-state index in [4.69, 9.17) is 5.11 Å². The van der Waals surface area contributed by atoms with Gasteiger partial charge in [-0.15, -0.1) is 11.8 Å². The van der Waals surface area contributed by atoms with Crippen molar-refractivity contribution in [1.82, 2.24) is 4.98 Å². The summed E-state index contributed by atoms with van der Waals surface area (Å²) < 4.78 is 0. The molecule has 0 fully saturated rings. The fraction of sp³-hybridized carbons (Fsp3) is 0.545. The smallest absolute Gasteiger partial charge is 0.0856 e. The number of hydrogen-bond donors (Lipinski definition) is 2. The highest BCUT2D eigenvalue weighted by Gasteiger charge is 2.04. The van der Waals surface area contributed by atoms with Gasteiger partial charge in [-0.1, -0.05) is 0 Å². The SMILES string of the molecule is Cc1c(SCCCCS)ccnc1CO. The lowest BCUT2D eigenvalue weighted by atomic mass is 10.2. The molecule has 1 aromatic heterocycles. The van der Waals surface area contributed by atoms with Gasteiger partial charge in [0.15, 0.2) is 0 Å². The zero-order valence-corrected chi connectivity index (χ0v) is 10.7. The average molecular weight is 243 g/mol. The van der Waals surface area contributed by atoms with Crippen molar-refractivity contribution in [3.8, 4) is 0 Å². The first kappa shape index (κ1) is 12.9. The summed E-state index contributed by atoms with van der Waals surface area (Å²) >= 11 is 6.01. The summed E-state index contributed by atoms with van der Waals surface area (Å²) in [6, 6.07) is 2.01. The predicted molar refractivity (Wildman–Crippen MR) is 68.7 cm³/mol. The number of nitrogens with zero attached hydrogens (tertiary/aromatic N) is 1. The molecule has 1 aromatic rings. The van der Waals surface area contributed by atoms with Crippen molar-refractivity contribution in [1.29, 1.82) is 0 Å². The van der Waals surface area contributed by atoms with E-state index >= 15 is 0 Å². The first-order chi connectivity index (χ1) is 7.29. The molecule has 0 saturated carbocycles. The third kappa shape index (κ3) is 4.05. The molecule has 1 rings (SSSR count). The number of rotatable bonds is 6. The molecule has 0 unspecified atom stereocenters. The van der Waals surface area contributed by atoms with Crippen LogP contribution < -0.4 is 0 Å². The minimum atomic E-state index is 0.0247. The summed E-state index contributed by atoms with van der Waals surface area (Å²) in [5, 5.41) is 9.07. The van der Waals surface area contributed by atoms with E-state index in [1.54, 1.807) is 6.20 Å². The van der Waals surface area contributed by atoms with Gasteiger partial charge in [0.05, 0.1) is 12.3 Å². The fourth-order valence-corrected chi connectivity index (χ4v) is 2.55. The van der Waals surface area contributed by atoms with Crippen LogP contribution in [0.2, 0.25) is 0 Å². The Bertz CT molecular complexity index is 305. The monoisotopic (exact) mass is 243 g/mol. The normalized spacial score (nSPS) is 10.6. The Morgan fingerprint density at radius 3 is 2.93 bits per heavy atom. The van der Waals surface area contributed by atoms with E-state index in [9.17, 15) is 0 Å². The van der Waals surface area contributed by atoms with Gasteiger partial charge in [0.2, 0.25) is 0 Å². The first-order valence-corrected chi connectivity index (χ1v) is 6.70. The van der Waals surface area contributed by atoms with Crippen LogP contribution in [-0.2, 0) is 6.61 Å². The van der Waals surface area contributed by atoms with Crippen LogP contribution >= 0.6 is 24.4 Å². The predicted octanol–water partition coefficient (Wildman–Crippen LogP) is 2.68. The van der Waals surface area contributed by atoms with Gasteiger partial charge in [-0.2, -0.15) is 12.6 Å². The molecular weight excluding hydrogens is 226 g/mol. The summed E-state index contributed by atoms with van der Waals surface area (Å²) in [7, 11) is 0. The van der Waals surface area contributed by atoms with E-state index < -0.39 is 0 Å². The first-order valence-electron chi connectivity index (χ1n) is 5.08. The Morgan fingerprint density at radius 1 is 1.47 bits per heavy atom. The van der Waals surface area contributed by atoms with Crippen LogP contribution in [-0.4, -0.2) is 21.6 Å². The summed E-state index contributed by atoms with van der Waals surface area (Å²) in [4.78, 5) is 5.36. The van der Waals surface area contributed by atoms with Crippen LogP contribution in [0.1, 0.15) is 24.1 Å². The number of aromatic nitrogens is 1. The number of thiol groups is 1. The lowest BCUT2D eigenvalue weighted by Crippen LogP contribution is -1.95. The van der Waals surface area contributed by atoms with Crippen LogP contribution in [0.15, 0.2) is 17.2 Å². The molecule has 0 atom stereocenters. The minimum absolute atomic E-state index is 0.0247. The number of thioether (sulfide) groups is 1. The van der Waals surface area contributed by atoms with Gasteiger partial charge in [0.1, 0.15) is 0 Å². The van der Waals surface area contributed by atoms with E-state index in [0.29, 0.717) is 0 Å². The number of aliphatic hydroxyl groups is 1. The number of pyridine rings is 1. The number of unbranched alkanes of at least 4 members (excludes halogenated alkanes) is 1. The van der Waals surface area contributed by atoms with Gasteiger partial charge in [0, 0.05) is 11.1 Å². The molecule has 4 heteroatoms. The average Bonchev–Trinajstić information content (AvgIpc) is 2.26. The van der Waals surface area contributed by atoms with Crippen molar-refractivity contribution < 1.29 is 5.11 Å². The molecule has 0 aliphatic rings. The maximum absolute atomic E-state index is 9.07. The second-order valence-electron chi connectivity index (χ2n) is 3.32. The lowest BCUT2D eigenvalue weighted by molar-refractivity contribution is 0.275. The van der Waals surface area contributed by atoms with Crippen LogP contribution in [0.4, 0.5) is 0 Å². The molecule has 84 valence electrons. The third-order valence-electron chi connectivity index (χ3n) is 2.22. The molecule has 0 spiro atoms. The molecule has 1 heterocycles. The number of aliphatic hydroxyl groups excluding tert-OH is 1. The van der Waals surface area contributed by atoms with Gasteiger partial charge in [-0.25, -0.2) is 0 Å². The summed E-state index contributed by atoms with van der Waals surface area (Å²) in [5.41, 5.74) is 1.89. The van der Waals surface area contributed by atoms with Crippen molar-refractivity contribution in [3.05, 3.63) is 23.5 Å². The van der Waals surface area contributed by atoms with E-state index in [1.807, 2.05) is 24.8 Å². The minimum Gasteiger partial charge on any atom is -0.390 e. The van der Waals surface area contributed by atoms with Crippen molar-refractivity contribution in [2.45, 2.75) is 31.3 Å². The Kier molecular flexibility index (Phi) is 6.13. The highest BCUT2D eigenvalue weighted by Crippen LogP contribution is 2.24. The summed E-state index contributed by atoms with van der Waals surface area (Å²) in [5.74, 6) is 2.06. The largest absolute Gasteiger partial charge is 0.390 e. The van der Waals surface area contributed by atoms with Crippen LogP contribution in [0.5, 0.6) is 0 Å². The van der Waals surface area contributed by atoms with Crippen molar-refractivity contribution >= 4 is 24.4 Å². The molecule has 2 nitrogen and oxygen atoms in total.